The van der Waals surface area contributed by atoms with Crippen LogP contribution in [0.2, 0.25) is 0 Å². The van der Waals surface area contributed by atoms with Crippen LogP contribution in [0.15, 0.2) is 41.9 Å². The monoisotopic (exact) mass is 299 g/mol. The highest BCUT2D eigenvalue weighted by atomic mass is 32.1. The first kappa shape index (κ1) is 13.8. The lowest BCUT2D eigenvalue weighted by atomic mass is 10.1. The van der Waals surface area contributed by atoms with E-state index >= 15 is 0 Å². The van der Waals surface area contributed by atoms with Gasteiger partial charge in [-0.2, -0.15) is 5.10 Å². The summed E-state index contributed by atoms with van der Waals surface area (Å²) in [5.41, 5.74) is 1.54. The summed E-state index contributed by atoms with van der Waals surface area (Å²) in [7, 11) is 0. The molecule has 0 saturated heterocycles. The minimum absolute atomic E-state index is 0.0432. The molecule has 21 heavy (non-hydrogen) atoms. The van der Waals surface area contributed by atoms with Crippen molar-refractivity contribution in [2.45, 2.75) is 25.8 Å². The van der Waals surface area contributed by atoms with E-state index in [1.807, 2.05) is 29.6 Å². The lowest BCUT2D eigenvalue weighted by Gasteiger charge is -2.16. The predicted molar refractivity (Wildman–Crippen MR) is 85.5 cm³/mol. The van der Waals surface area contributed by atoms with Crippen LogP contribution in [0.4, 0.5) is 0 Å². The molecule has 2 N–H and O–H groups in total. The second-order valence-electron chi connectivity index (χ2n) is 5.00. The SMILES string of the molecule is CCCC(NC(=O)c1ccc2cn[nH]c2c1)c1cccs1. The summed E-state index contributed by atoms with van der Waals surface area (Å²) in [5, 5.41) is 13.1. The summed E-state index contributed by atoms with van der Waals surface area (Å²) in [6, 6.07) is 9.77. The van der Waals surface area contributed by atoms with E-state index in [0.717, 1.165) is 23.7 Å². The van der Waals surface area contributed by atoms with Crippen molar-refractivity contribution < 1.29 is 4.79 Å². The van der Waals surface area contributed by atoms with Gasteiger partial charge in [-0.05, 0) is 30.0 Å². The van der Waals surface area contributed by atoms with Gasteiger partial charge in [0, 0.05) is 15.8 Å². The molecular weight excluding hydrogens is 282 g/mol. The zero-order valence-electron chi connectivity index (χ0n) is 11.8. The Kier molecular flexibility index (Phi) is 4.01. The van der Waals surface area contributed by atoms with E-state index in [2.05, 4.69) is 28.5 Å². The van der Waals surface area contributed by atoms with Crippen LogP contribution in [0, 0.1) is 0 Å². The Hall–Kier alpha value is -2.14. The molecule has 3 rings (SSSR count). The third-order valence-electron chi connectivity index (χ3n) is 3.47. The Morgan fingerprint density at radius 2 is 2.33 bits per heavy atom. The maximum Gasteiger partial charge on any atom is 0.251 e. The Morgan fingerprint density at radius 1 is 1.43 bits per heavy atom. The van der Waals surface area contributed by atoms with Crippen molar-refractivity contribution in [1.82, 2.24) is 15.5 Å². The van der Waals surface area contributed by atoms with E-state index in [1.54, 1.807) is 17.5 Å². The standard InChI is InChI=1S/C16H17N3OS/c1-2-4-13(15-5-3-8-21-15)18-16(20)11-6-7-12-10-17-19-14(12)9-11/h3,5-10,13H,2,4H2,1H3,(H,17,19)(H,18,20). The second-order valence-corrected chi connectivity index (χ2v) is 5.98. The Labute approximate surface area is 127 Å². The first-order valence-corrected chi connectivity index (χ1v) is 7.93. The van der Waals surface area contributed by atoms with Crippen LogP contribution in [0.5, 0.6) is 0 Å². The van der Waals surface area contributed by atoms with Gasteiger partial charge in [0.2, 0.25) is 0 Å². The van der Waals surface area contributed by atoms with Crippen molar-refractivity contribution >= 4 is 28.1 Å². The van der Waals surface area contributed by atoms with E-state index in [1.165, 1.54) is 4.88 Å². The lowest BCUT2D eigenvalue weighted by molar-refractivity contribution is 0.0935. The molecule has 2 aromatic heterocycles. The van der Waals surface area contributed by atoms with Crippen molar-refractivity contribution in [2.24, 2.45) is 0 Å². The quantitative estimate of drug-likeness (QED) is 0.750. The van der Waals surface area contributed by atoms with E-state index in [9.17, 15) is 4.79 Å². The highest BCUT2D eigenvalue weighted by Gasteiger charge is 2.16. The van der Waals surface area contributed by atoms with Gasteiger partial charge in [0.25, 0.3) is 5.91 Å². The lowest BCUT2D eigenvalue weighted by Crippen LogP contribution is -2.27. The van der Waals surface area contributed by atoms with Gasteiger partial charge in [-0.3, -0.25) is 9.89 Å². The molecule has 0 aliphatic rings. The average molecular weight is 299 g/mol. The summed E-state index contributed by atoms with van der Waals surface area (Å²) in [5.74, 6) is -0.0432. The summed E-state index contributed by atoms with van der Waals surface area (Å²) in [4.78, 5) is 13.7. The molecule has 0 aliphatic carbocycles. The fourth-order valence-corrected chi connectivity index (χ4v) is 3.20. The van der Waals surface area contributed by atoms with Gasteiger partial charge in [0.05, 0.1) is 17.8 Å². The second kappa shape index (κ2) is 6.10. The maximum atomic E-state index is 12.4. The number of carbonyl (C=O) groups is 1. The fourth-order valence-electron chi connectivity index (χ4n) is 2.38. The zero-order valence-corrected chi connectivity index (χ0v) is 12.6. The van der Waals surface area contributed by atoms with Crippen molar-refractivity contribution in [3.8, 4) is 0 Å². The normalized spacial score (nSPS) is 12.4. The van der Waals surface area contributed by atoms with Crippen LogP contribution in [0.25, 0.3) is 10.9 Å². The fraction of sp³-hybridized carbons (Fsp3) is 0.250. The van der Waals surface area contributed by atoms with E-state index in [0.29, 0.717) is 5.56 Å². The van der Waals surface area contributed by atoms with Crippen molar-refractivity contribution in [1.29, 1.82) is 0 Å². The van der Waals surface area contributed by atoms with Crippen LogP contribution in [0.3, 0.4) is 0 Å². The number of nitrogens with zero attached hydrogens (tertiary/aromatic N) is 1. The van der Waals surface area contributed by atoms with Crippen molar-refractivity contribution in [3.05, 3.63) is 52.3 Å². The summed E-state index contributed by atoms with van der Waals surface area (Å²) >= 11 is 1.68. The summed E-state index contributed by atoms with van der Waals surface area (Å²) < 4.78 is 0. The smallest absolute Gasteiger partial charge is 0.251 e. The van der Waals surface area contributed by atoms with Crippen LogP contribution in [-0.2, 0) is 0 Å². The Bertz CT molecular complexity index is 733. The third kappa shape index (κ3) is 2.97. The molecule has 0 aliphatic heterocycles. The number of hydrogen-bond acceptors (Lipinski definition) is 3. The molecule has 0 bridgehead atoms. The summed E-state index contributed by atoms with van der Waals surface area (Å²) in [6.07, 6.45) is 3.73. The number of hydrogen-bond donors (Lipinski definition) is 2. The van der Waals surface area contributed by atoms with Gasteiger partial charge in [-0.15, -0.1) is 11.3 Å². The number of fused-ring (bicyclic) bond motifs is 1. The molecule has 0 spiro atoms. The van der Waals surface area contributed by atoms with Gasteiger partial charge in [0.1, 0.15) is 0 Å². The van der Waals surface area contributed by atoms with E-state index < -0.39 is 0 Å². The third-order valence-corrected chi connectivity index (χ3v) is 4.46. The number of benzene rings is 1. The topological polar surface area (TPSA) is 57.8 Å². The van der Waals surface area contributed by atoms with E-state index in [4.69, 9.17) is 0 Å². The number of thiophene rings is 1. The van der Waals surface area contributed by atoms with Crippen LogP contribution in [0.1, 0.15) is 41.0 Å². The molecule has 5 heteroatoms. The van der Waals surface area contributed by atoms with Gasteiger partial charge < -0.3 is 5.32 Å². The Morgan fingerprint density at radius 3 is 3.10 bits per heavy atom. The molecule has 1 atom stereocenters. The maximum absolute atomic E-state index is 12.4. The highest BCUT2D eigenvalue weighted by Crippen LogP contribution is 2.24. The van der Waals surface area contributed by atoms with E-state index in [-0.39, 0.29) is 11.9 Å². The van der Waals surface area contributed by atoms with Crippen molar-refractivity contribution in [3.63, 3.8) is 0 Å². The van der Waals surface area contributed by atoms with Gasteiger partial charge in [-0.1, -0.05) is 25.5 Å². The average Bonchev–Trinajstić information content (AvgIpc) is 3.17. The van der Waals surface area contributed by atoms with Gasteiger partial charge in [-0.25, -0.2) is 0 Å². The number of nitrogens with one attached hydrogen (secondary N) is 2. The molecule has 0 radical (unpaired) electrons. The molecule has 1 aromatic carbocycles. The van der Waals surface area contributed by atoms with Gasteiger partial charge in [0.15, 0.2) is 0 Å². The molecule has 4 nitrogen and oxygen atoms in total. The number of amides is 1. The number of aromatic nitrogens is 2. The molecule has 108 valence electrons. The summed E-state index contributed by atoms with van der Waals surface area (Å²) in [6.45, 7) is 2.13. The van der Waals surface area contributed by atoms with Crippen LogP contribution < -0.4 is 5.32 Å². The largest absolute Gasteiger partial charge is 0.344 e. The highest BCUT2D eigenvalue weighted by molar-refractivity contribution is 7.10. The molecule has 3 aromatic rings. The predicted octanol–water partition coefficient (Wildman–Crippen LogP) is 3.90. The number of carbonyl (C=O) groups excluding carboxylic acids is 1. The minimum atomic E-state index is -0.0432. The van der Waals surface area contributed by atoms with Crippen LogP contribution >= 0.6 is 11.3 Å². The van der Waals surface area contributed by atoms with Crippen molar-refractivity contribution in [2.75, 3.05) is 0 Å². The molecule has 0 fully saturated rings. The zero-order chi connectivity index (χ0) is 14.7. The Balaban J connectivity index is 1.80. The van der Waals surface area contributed by atoms with Gasteiger partial charge >= 0.3 is 0 Å². The number of H-pyrrole nitrogens is 1. The number of aromatic amines is 1. The first-order chi connectivity index (χ1) is 10.3. The first-order valence-electron chi connectivity index (χ1n) is 7.05. The van der Waals surface area contributed by atoms with Crippen LogP contribution in [-0.4, -0.2) is 16.1 Å². The molecule has 0 saturated carbocycles. The minimum Gasteiger partial charge on any atom is -0.344 e. The molecular formula is C16H17N3OS. The molecule has 2 heterocycles. The molecule has 1 amide bonds. The molecule has 1 unspecified atom stereocenters. The number of rotatable bonds is 5.